The van der Waals surface area contributed by atoms with Crippen molar-refractivity contribution < 1.29 is 18.6 Å². The van der Waals surface area contributed by atoms with Crippen molar-refractivity contribution in [2.45, 2.75) is 13.0 Å². The van der Waals surface area contributed by atoms with Gasteiger partial charge in [-0.2, -0.15) is 0 Å². The number of methoxy groups -OCH3 is 3. The molecule has 0 spiro atoms. The standard InChI is InChI=1S/C20H18FNO4/c1-24-17-7-11-4-5-22-16(13(11)9-15(17)21)6-12-8-18(25-2)19(26-3)10-14(12)20(22)23/h6-10H,4-5H2,1-3H3. The van der Waals surface area contributed by atoms with Gasteiger partial charge >= 0.3 is 0 Å². The maximum atomic E-state index is 14.3. The molecular weight excluding hydrogens is 337 g/mol. The van der Waals surface area contributed by atoms with E-state index in [1.54, 1.807) is 29.9 Å². The molecule has 0 radical (unpaired) electrons. The van der Waals surface area contributed by atoms with Crippen molar-refractivity contribution in [3.8, 4) is 28.5 Å². The number of hydrogen-bond donors (Lipinski definition) is 0. The molecule has 0 fully saturated rings. The Labute approximate surface area is 149 Å². The molecule has 26 heavy (non-hydrogen) atoms. The lowest BCUT2D eigenvalue weighted by Crippen LogP contribution is -2.26. The van der Waals surface area contributed by atoms with Crippen LogP contribution in [0.4, 0.5) is 4.39 Å². The number of halogens is 1. The van der Waals surface area contributed by atoms with E-state index in [1.807, 2.05) is 6.07 Å². The summed E-state index contributed by atoms with van der Waals surface area (Å²) in [5.74, 6) is 0.817. The molecule has 0 saturated heterocycles. The van der Waals surface area contributed by atoms with Gasteiger partial charge in [0.1, 0.15) is 0 Å². The lowest BCUT2D eigenvalue weighted by atomic mass is 9.95. The molecule has 3 aromatic rings. The monoisotopic (exact) mass is 355 g/mol. The van der Waals surface area contributed by atoms with Crippen LogP contribution in [0.1, 0.15) is 5.56 Å². The number of hydrogen-bond acceptors (Lipinski definition) is 4. The van der Waals surface area contributed by atoms with E-state index in [1.165, 1.54) is 20.3 Å². The van der Waals surface area contributed by atoms with E-state index >= 15 is 0 Å². The van der Waals surface area contributed by atoms with Gasteiger partial charge in [0.05, 0.1) is 32.4 Å². The molecule has 0 bridgehead atoms. The Hall–Kier alpha value is -3.02. The quantitative estimate of drug-likeness (QED) is 0.723. The minimum Gasteiger partial charge on any atom is -0.494 e. The number of aromatic nitrogens is 1. The topological polar surface area (TPSA) is 49.7 Å². The van der Waals surface area contributed by atoms with Crippen molar-refractivity contribution in [2.75, 3.05) is 21.3 Å². The molecule has 0 atom stereocenters. The molecule has 0 N–H and O–H groups in total. The number of aryl methyl sites for hydroxylation is 1. The van der Waals surface area contributed by atoms with Crippen LogP contribution >= 0.6 is 0 Å². The summed E-state index contributed by atoms with van der Waals surface area (Å²) in [6.07, 6.45) is 0.637. The fraction of sp³-hybridized carbons (Fsp3) is 0.250. The predicted octanol–water partition coefficient (Wildman–Crippen LogP) is 3.39. The van der Waals surface area contributed by atoms with Gasteiger partial charge < -0.3 is 18.8 Å². The van der Waals surface area contributed by atoms with E-state index in [-0.39, 0.29) is 11.3 Å². The summed E-state index contributed by atoms with van der Waals surface area (Å²) < 4.78 is 31.7. The first kappa shape index (κ1) is 16.4. The Balaban J connectivity index is 2.02. The van der Waals surface area contributed by atoms with Crippen LogP contribution in [0.3, 0.4) is 0 Å². The Morgan fingerprint density at radius 2 is 1.62 bits per heavy atom. The molecular formula is C20H18FNO4. The summed E-state index contributed by atoms with van der Waals surface area (Å²) in [7, 11) is 4.53. The fourth-order valence-corrected chi connectivity index (χ4v) is 3.55. The van der Waals surface area contributed by atoms with Crippen molar-refractivity contribution >= 4 is 10.8 Å². The summed E-state index contributed by atoms with van der Waals surface area (Å²) in [6.45, 7) is 0.528. The zero-order valence-corrected chi connectivity index (χ0v) is 14.8. The number of nitrogens with zero attached hydrogens (tertiary/aromatic N) is 1. The van der Waals surface area contributed by atoms with Gasteiger partial charge in [-0.25, -0.2) is 4.39 Å². The molecule has 1 aliphatic heterocycles. The largest absolute Gasteiger partial charge is 0.494 e. The Kier molecular flexibility index (Phi) is 3.83. The van der Waals surface area contributed by atoms with Gasteiger partial charge in [0, 0.05) is 12.1 Å². The van der Waals surface area contributed by atoms with E-state index in [2.05, 4.69) is 0 Å². The first-order valence-corrected chi connectivity index (χ1v) is 8.23. The summed E-state index contributed by atoms with van der Waals surface area (Å²) in [6, 6.07) is 8.49. The molecule has 2 heterocycles. The highest BCUT2D eigenvalue weighted by Gasteiger charge is 2.22. The number of ether oxygens (including phenoxy) is 3. The third-order valence-corrected chi connectivity index (χ3v) is 4.87. The first-order valence-electron chi connectivity index (χ1n) is 8.23. The van der Waals surface area contributed by atoms with E-state index in [4.69, 9.17) is 14.2 Å². The van der Waals surface area contributed by atoms with Crippen LogP contribution < -0.4 is 19.8 Å². The molecule has 134 valence electrons. The lowest BCUT2D eigenvalue weighted by Gasteiger charge is -2.23. The van der Waals surface area contributed by atoms with Crippen molar-refractivity contribution in [1.29, 1.82) is 0 Å². The molecule has 0 unspecified atom stereocenters. The highest BCUT2D eigenvalue weighted by Crippen LogP contribution is 2.36. The van der Waals surface area contributed by atoms with Gasteiger partial charge in [-0.1, -0.05) is 0 Å². The van der Waals surface area contributed by atoms with Gasteiger partial charge in [-0.3, -0.25) is 4.79 Å². The number of benzene rings is 2. The zero-order valence-electron chi connectivity index (χ0n) is 14.8. The molecule has 5 nitrogen and oxygen atoms in total. The molecule has 0 amide bonds. The van der Waals surface area contributed by atoms with Crippen LogP contribution in [0.25, 0.3) is 22.0 Å². The summed E-state index contributed by atoms with van der Waals surface area (Å²) in [5, 5.41) is 1.27. The second-order valence-electron chi connectivity index (χ2n) is 6.17. The summed E-state index contributed by atoms with van der Waals surface area (Å²) >= 11 is 0. The molecule has 6 heteroatoms. The number of rotatable bonds is 3. The molecule has 4 rings (SSSR count). The molecule has 1 aliphatic rings. The maximum Gasteiger partial charge on any atom is 0.259 e. The van der Waals surface area contributed by atoms with Crippen LogP contribution in [-0.2, 0) is 13.0 Å². The van der Waals surface area contributed by atoms with Crippen LogP contribution in [0, 0.1) is 5.82 Å². The van der Waals surface area contributed by atoms with E-state index in [0.29, 0.717) is 41.1 Å². The van der Waals surface area contributed by atoms with E-state index in [9.17, 15) is 9.18 Å². The van der Waals surface area contributed by atoms with Gasteiger partial charge in [-0.05, 0) is 47.7 Å². The second-order valence-corrected chi connectivity index (χ2v) is 6.17. The van der Waals surface area contributed by atoms with E-state index in [0.717, 1.165) is 10.9 Å². The van der Waals surface area contributed by atoms with Crippen LogP contribution in [0.5, 0.6) is 17.2 Å². The smallest absolute Gasteiger partial charge is 0.259 e. The summed E-state index contributed by atoms with van der Waals surface area (Å²) in [4.78, 5) is 13.0. The van der Waals surface area contributed by atoms with Crippen molar-refractivity contribution in [2.24, 2.45) is 0 Å². The SMILES string of the molecule is COc1cc2c(cc1F)-c1cc3cc(OC)c(OC)cc3c(=O)n1CC2. The molecule has 1 aromatic heterocycles. The minimum atomic E-state index is -0.445. The number of pyridine rings is 1. The van der Waals surface area contributed by atoms with Crippen LogP contribution in [-0.4, -0.2) is 25.9 Å². The van der Waals surface area contributed by atoms with Crippen molar-refractivity contribution in [3.63, 3.8) is 0 Å². The molecule has 2 aromatic carbocycles. The normalized spacial score (nSPS) is 12.5. The van der Waals surface area contributed by atoms with Gasteiger partial charge in [0.2, 0.25) is 0 Å². The molecule has 0 saturated carbocycles. The lowest BCUT2D eigenvalue weighted by molar-refractivity contribution is 0.356. The van der Waals surface area contributed by atoms with Gasteiger partial charge in [0.15, 0.2) is 23.1 Å². The Morgan fingerprint density at radius 1 is 0.923 bits per heavy atom. The van der Waals surface area contributed by atoms with Crippen LogP contribution in [0.2, 0.25) is 0 Å². The fourth-order valence-electron chi connectivity index (χ4n) is 3.55. The minimum absolute atomic E-state index is 0.125. The predicted molar refractivity (Wildman–Crippen MR) is 97.0 cm³/mol. The third-order valence-electron chi connectivity index (χ3n) is 4.87. The molecule has 0 aliphatic carbocycles. The second kappa shape index (κ2) is 6.05. The highest BCUT2D eigenvalue weighted by molar-refractivity contribution is 5.89. The van der Waals surface area contributed by atoms with Crippen LogP contribution in [0.15, 0.2) is 35.1 Å². The zero-order chi connectivity index (χ0) is 18.4. The highest BCUT2D eigenvalue weighted by atomic mass is 19.1. The van der Waals surface area contributed by atoms with Crippen molar-refractivity contribution in [3.05, 3.63) is 52.1 Å². The average molecular weight is 355 g/mol. The Bertz CT molecular complexity index is 1090. The summed E-state index contributed by atoms with van der Waals surface area (Å²) in [5.41, 5.74) is 2.24. The number of fused-ring (bicyclic) bond motifs is 4. The Morgan fingerprint density at radius 3 is 2.31 bits per heavy atom. The van der Waals surface area contributed by atoms with Crippen molar-refractivity contribution in [1.82, 2.24) is 4.57 Å². The van der Waals surface area contributed by atoms with Gasteiger partial charge in [-0.15, -0.1) is 0 Å². The maximum absolute atomic E-state index is 14.3. The average Bonchev–Trinajstić information content (AvgIpc) is 2.66. The third kappa shape index (κ3) is 2.33. The van der Waals surface area contributed by atoms with E-state index < -0.39 is 5.82 Å². The van der Waals surface area contributed by atoms with Gasteiger partial charge in [0.25, 0.3) is 5.56 Å². The first-order chi connectivity index (χ1) is 12.6.